The zero-order valence-corrected chi connectivity index (χ0v) is 15.8. The second-order valence-electron chi connectivity index (χ2n) is 7.56. The minimum atomic E-state index is -5.75. The molecule has 1 aliphatic heterocycles. The molecule has 0 aromatic carbocycles. The summed E-state index contributed by atoms with van der Waals surface area (Å²) in [7, 11) is 1.60. The number of carbonyl (C=O) groups excluding carboxylic acids is 2. The van der Waals surface area contributed by atoms with Crippen molar-refractivity contribution < 1.29 is 40.7 Å². The van der Waals surface area contributed by atoms with Gasteiger partial charge in [-0.15, -0.1) is 0 Å². The Morgan fingerprint density at radius 3 is 2.30 bits per heavy atom. The van der Waals surface area contributed by atoms with E-state index in [2.05, 4.69) is 9.72 Å². The summed E-state index contributed by atoms with van der Waals surface area (Å²) in [6, 6.07) is 3.40. The molecule has 6 nitrogen and oxygen atoms in total. The van der Waals surface area contributed by atoms with Gasteiger partial charge in [-0.1, -0.05) is 0 Å². The first-order valence-corrected chi connectivity index (χ1v) is 9.12. The lowest BCUT2D eigenvalue weighted by atomic mass is 9.90. The molecule has 1 aromatic rings. The summed E-state index contributed by atoms with van der Waals surface area (Å²) in [4.78, 5) is 30.8. The average molecular weight is 439 g/mol. The standard InChI is InChI=1S/C18H19F6N3O3/c1-26(11-3-2-6-25-10-11)13(28)12-9-16(12)4-7-27(8-5-16)15(29)30-14(17(19,20)21)18(22,23)24/h2-3,6,10,12,14H,4-5,7-9H2,1H3/t12-/m0/s1. The van der Waals surface area contributed by atoms with Gasteiger partial charge in [-0.05, 0) is 36.8 Å². The second kappa shape index (κ2) is 7.62. The number of ether oxygens (including phenoxy) is 1. The van der Waals surface area contributed by atoms with Crippen LogP contribution in [0.1, 0.15) is 19.3 Å². The van der Waals surface area contributed by atoms with Gasteiger partial charge in [-0.25, -0.2) is 4.79 Å². The Hall–Kier alpha value is -2.53. The van der Waals surface area contributed by atoms with Crippen LogP contribution in [0.25, 0.3) is 0 Å². The van der Waals surface area contributed by atoms with Crippen molar-refractivity contribution in [1.29, 1.82) is 0 Å². The van der Waals surface area contributed by atoms with Crippen LogP contribution < -0.4 is 4.90 Å². The van der Waals surface area contributed by atoms with Crippen LogP contribution in [0, 0.1) is 11.3 Å². The number of hydrogen-bond donors (Lipinski definition) is 0. The Labute approximate surface area is 167 Å². The van der Waals surface area contributed by atoms with Gasteiger partial charge >= 0.3 is 18.4 Å². The molecule has 1 aliphatic carbocycles. The molecule has 3 rings (SSSR count). The van der Waals surface area contributed by atoms with Crippen LogP contribution in [-0.2, 0) is 9.53 Å². The van der Waals surface area contributed by atoms with Crippen molar-refractivity contribution in [3.8, 4) is 0 Å². The van der Waals surface area contributed by atoms with E-state index in [0.29, 0.717) is 24.9 Å². The monoisotopic (exact) mass is 439 g/mol. The van der Waals surface area contributed by atoms with Crippen molar-refractivity contribution in [2.75, 3.05) is 25.0 Å². The molecule has 166 valence electrons. The summed E-state index contributed by atoms with van der Waals surface area (Å²) in [5.74, 6) is -0.466. The SMILES string of the molecule is CN(C(=O)[C@@H]1CC12CCN(C(=O)OC(C(F)(F)F)C(F)(F)F)CC2)c1cccnc1. The van der Waals surface area contributed by atoms with Crippen molar-refractivity contribution >= 4 is 17.7 Å². The molecule has 2 fully saturated rings. The van der Waals surface area contributed by atoms with Gasteiger partial charge in [0.2, 0.25) is 5.91 Å². The summed E-state index contributed by atoms with van der Waals surface area (Å²) < 4.78 is 79.2. The molecule has 0 unspecified atom stereocenters. The molecule has 1 saturated heterocycles. The first-order chi connectivity index (χ1) is 13.8. The number of amides is 2. The molecular formula is C18H19F6N3O3. The lowest BCUT2D eigenvalue weighted by Gasteiger charge is -2.34. The Morgan fingerprint density at radius 1 is 1.20 bits per heavy atom. The van der Waals surface area contributed by atoms with E-state index >= 15 is 0 Å². The van der Waals surface area contributed by atoms with Gasteiger partial charge in [0.05, 0.1) is 11.9 Å². The highest BCUT2D eigenvalue weighted by atomic mass is 19.4. The maximum Gasteiger partial charge on any atom is 0.434 e. The van der Waals surface area contributed by atoms with Crippen molar-refractivity contribution in [3.63, 3.8) is 0 Å². The molecular weight excluding hydrogens is 420 g/mol. The molecule has 30 heavy (non-hydrogen) atoms. The number of halogens is 6. The van der Waals surface area contributed by atoms with Crippen LogP contribution in [0.3, 0.4) is 0 Å². The van der Waals surface area contributed by atoms with Crippen LogP contribution in [0.2, 0.25) is 0 Å². The molecule has 1 aromatic heterocycles. The topological polar surface area (TPSA) is 62.7 Å². The predicted octanol–water partition coefficient (Wildman–Crippen LogP) is 3.78. The van der Waals surface area contributed by atoms with Crippen molar-refractivity contribution in [2.45, 2.75) is 37.7 Å². The molecule has 2 aliphatic rings. The lowest BCUT2D eigenvalue weighted by molar-refractivity contribution is -0.308. The maximum absolute atomic E-state index is 12.7. The molecule has 0 bridgehead atoms. The highest BCUT2D eigenvalue weighted by Gasteiger charge is 2.62. The van der Waals surface area contributed by atoms with E-state index in [0.717, 1.165) is 4.90 Å². The molecule has 1 saturated carbocycles. The zero-order chi connectivity index (χ0) is 22.3. The van der Waals surface area contributed by atoms with E-state index in [1.54, 1.807) is 25.4 Å². The molecule has 0 N–H and O–H groups in total. The minimum Gasteiger partial charge on any atom is -0.426 e. The normalized spacial score (nSPS) is 20.9. The number of rotatable bonds is 3. The Balaban J connectivity index is 1.56. The summed E-state index contributed by atoms with van der Waals surface area (Å²) in [5.41, 5.74) is 0.202. The highest BCUT2D eigenvalue weighted by molar-refractivity contribution is 5.96. The van der Waals surface area contributed by atoms with Crippen LogP contribution in [0.4, 0.5) is 36.8 Å². The van der Waals surface area contributed by atoms with Crippen LogP contribution in [-0.4, -0.2) is 60.5 Å². The fourth-order valence-corrected chi connectivity index (χ4v) is 3.79. The quantitative estimate of drug-likeness (QED) is 0.673. The van der Waals surface area contributed by atoms with Crippen molar-refractivity contribution in [2.24, 2.45) is 11.3 Å². The summed E-state index contributed by atoms with van der Waals surface area (Å²) in [5, 5.41) is 0. The van der Waals surface area contributed by atoms with Crippen LogP contribution in [0.15, 0.2) is 24.5 Å². The second-order valence-corrected chi connectivity index (χ2v) is 7.56. The number of carbonyl (C=O) groups is 2. The fraction of sp³-hybridized carbons (Fsp3) is 0.611. The molecule has 1 atom stereocenters. The average Bonchev–Trinajstić information content (AvgIpc) is 3.37. The van der Waals surface area contributed by atoms with E-state index in [1.807, 2.05) is 0 Å². The summed E-state index contributed by atoms with van der Waals surface area (Å²) in [6.45, 7) is -0.163. The maximum atomic E-state index is 12.7. The third-order valence-corrected chi connectivity index (χ3v) is 5.68. The highest BCUT2D eigenvalue weighted by Crippen LogP contribution is 2.60. The van der Waals surface area contributed by atoms with E-state index in [1.165, 1.54) is 11.1 Å². The van der Waals surface area contributed by atoms with Gasteiger partial charge in [0.25, 0.3) is 6.10 Å². The Morgan fingerprint density at radius 2 is 1.80 bits per heavy atom. The molecule has 2 heterocycles. The molecule has 0 radical (unpaired) electrons. The van der Waals surface area contributed by atoms with Gasteiger partial charge < -0.3 is 14.5 Å². The number of aromatic nitrogens is 1. The van der Waals surface area contributed by atoms with Gasteiger partial charge in [0.15, 0.2) is 0 Å². The number of likely N-dealkylation sites (tertiary alicyclic amines) is 1. The first-order valence-electron chi connectivity index (χ1n) is 9.12. The molecule has 1 spiro atoms. The van der Waals surface area contributed by atoms with Crippen LogP contribution in [0.5, 0.6) is 0 Å². The summed E-state index contributed by atoms with van der Waals surface area (Å²) >= 11 is 0. The van der Waals surface area contributed by atoms with Gasteiger partial charge in [-0.3, -0.25) is 9.78 Å². The number of pyridine rings is 1. The van der Waals surface area contributed by atoms with Gasteiger partial charge in [0, 0.05) is 32.3 Å². The van der Waals surface area contributed by atoms with E-state index in [4.69, 9.17) is 0 Å². The molecule has 12 heteroatoms. The third kappa shape index (κ3) is 4.46. The number of anilines is 1. The zero-order valence-electron chi connectivity index (χ0n) is 15.8. The first kappa shape index (κ1) is 22.2. The van der Waals surface area contributed by atoms with E-state index in [9.17, 15) is 35.9 Å². The largest absolute Gasteiger partial charge is 0.434 e. The minimum absolute atomic E-state index is 0.0817. The van der Waals surface area contributed by atoms with Gasteiger partial charge in [-0.2, -0.15) is 26.3 Å². The molecule has 2 amide bonds. The van der Waals surface area contributed by atoms with Gasteiger partial charge in [0.1, 0.15) is 0 Å². The number of hydrogen-bond acceptors (Lipinski definition) is 4. The van der Waals surface area contributed by atoms with E-state index < -0.39 is 30.0 Å². The summed E-state index contributed by atoms with van der Waals surface area (Å²) in [6.07, 6.45) is -13.1. The smallest absolute Gasteiger partial charge is 0.426 e. The van der Waals surface area contributed by atoms with Crippen molar-refractivity contribution in [3.05, 3.63) is 24.5 Å². The number of piperidine rings is 1. The van der Waals surface area contributed by atoms with Crippen LogP contribution >= 0.6 is 0 Å². The van der Waals surface area contributed by atoms with Crippen molar-refractivity contribution in [1.82, 2.24) is 9.88 Å². The number of nitrogens with zero attached hydrogens (tertiary/aromatic N) is 3. The van der Waals surface area contributed by atoms with E-state index in [-0.39, 0.29) is 24.9 Å². The predicted molar refractivity (Wildman–Crippen MR) is 91.4 cm³/mol. The number of alkyl halides is 6. The fourth-order valence-electron chi connectivity index (χ4n) is 3.79. The third-order valence-electron chi connectivity index (χ3n) is 5.68. The lowest BCUT2D eigenvalue weighted by Crippen LogP contribution is -2.49. The Bertz CT molecular complexity index is 777. The Kier molecular flexibility index (Phi) is 5.63.